The van der Waals surface area contributed by atoms with Gasteiger partial charge in [0.25, 0.3) is 0 Å². The maximum absolute atomic E-state index is 11.8. The molecular formula is C13H18BrNO2. The lowest BCUT2D eigenvalue weighted by Crippen LogP contribution is -2.26. The molecule has 1 rings (SSSR count). The van der Waals surface area contributed by atoms with Crippen LogP contribution >= 0.6 is 15.9 Å². The van der Waals surface area contributed by atoms with Gasteiger partial charge in [0, 0.05) is 31.1 Å². The number of hydrogen-bond acceptors (Lipinski definition) is 2. The van der Waals surface area contributed by atoms with Gasteiger partial charge in [0.1, 0.15) is 0 Å². The summed E-state index contributed by atoms with van der Waals surface area (Å²) in [5.41, 5.74) is 1.10. The van der Waals surface area contributed by atoms with Gasteiger partial charge >= 0.3 is 0 Å². The van der Waals surface area contributed by atoms with Crippen LogP contribution in [0.15, 0.2) is 28.7 Å². The van der Waals surface area contributed by atoms with Gasteiger partial charge in [-0.2, -0.15) is 0 Å². The molecule has 0 saturated heterocycles. The van der Waals surface area contributed by atoms with Crippen LogP contribution in [0, 0.1) is 0 Å². The molecule has 3 nitrogen and oxygen atoms in total. The molecule has 1 aromatic rings. The summed E-state index contributed by atoms with van der Waals surface area (Å²) in [7, 11) is 1.81. The fourth-order valence-corrected chi connectivity index (χ4v) is 1.96. The molecule has 94 valence electrons. The average Bonchev–Trinajstić information content (AvgIpc) is 2.32. The van der Waals surface area contributed by atoms with Crippen molar-refractivity contribution in [2.24, 2.45) is 0 Å². The van der Waals surface area contributed by atoms with Crippen LogP contribution in [0.5, 0.6) is 0 Å². The Hall–Kier alpha value is -0.870. The van der Waals surface area contributed by atoms with Gasteiger partial charge in [0.05, 0.1) is 0 Å². The maximum atomic E-state index is 11.8. The Kier molecular flexibility index (Phi) is 6.22. The fourth-order valence-electron chi connectivity index (χ4n) is 1.55. The third-order valence-electron chi connectivity index (χ3n) is 2.59. The monoisotopic (exact) mass is 299 g/mol. The van der Waals surface area contributed by atoms with Gasteiger partial charge in [-0.25, -0.2) is 0 Å². The topological polar surface area (TPSA) is 40.5 Å². The minimum Gasteiger partial charge on any atom is -0.396 e. The van der Waals surface area contributed by atoms with Gasteiger partial charge in [-0.3, -0.25) is 4.79 Å². The van der Waals surface area contributed by atoms with Crippen molar-refractivity contribution in [1.82, 2.24) is 4.90 Å². The Bertz CT molecular complexity index is 368. The van der Waals surface area contributed by atoms with E-state index >= 15 is 0 Å². The number of carbonyl (C=O) groups is 1. The van der Waals surface area contributed by atoms with Crippen LogP contribution in [0.4, 0.5) is 0 Å². The Balaban J connectivity index is 2.46. The first-order valence-corrected chi connectivity index (χ1v) is 6.52. The van der Waals surface area contributed by atoms with E-state index in [4.69, 9.17) is 5.11 Å². The van der Waals surface area contributed by atoms with Gasteiger partial charge in [-0.1, -0.05) is 34.1 Å². The van der Waals surface area contributed by atoms with Gasteiger partial charge < -0.3 is 10.0 Å². The normalized spacial score (nSPS) is 10.3. The van der Waals surface area contributed by atoms with Gasteiger partial charge in [-0.05, 0) is 24.5 Å². The third kappa shape index (κ3) is 4.88. The third-order valence-corrected chi connectivity index (χ3v) is 3.36. The summed E-state index contributed by atoms with van der Waals surface area (Å²) in [6, 6.07) is 7.89. The van der Waals surface area contributed by atoms with Crippen LogP contribution in [-0.2, 0) is 11.3 Å². The summed E-state index contributed by atoms with van der Waals surface area (Å²) in [5.74, 6) is 0.120. The summed E-state index contributed by atoms with van der Waals surface area (Å²) in [6.07, 6.45) is 1.94. The van der Waals surface area contributed by atoms with E-state index in [1.165, 1.54) is 0 Å². The Labute approximate surface area is 111 Å². The van der Waals surface area contributed by atoms with Crippen LogP contribution in [-0.4, -0.2) is 29.6 Å². The molecular weight excluding hydrogens is 282 g/mol. The lowest BCUT2D eigenvalue weighted by molar-refractivity contribution is -0.130. The van der Waals surface area contributed by atoms with E-state index in [1.54, 1.807) is 11.9 Å². The molecule has 0 saturated carbocycles. The quantitative estimate of drug-likeness (QED) is 0.820. The van der Waals surface area contributed by atoms with Crippen LogP contribution in [0.2, 0.25) is 0 Å². The van der Waals surface area contributed by atoms with E-state index in [0.717, 1.165) is 16.5 Å². The zero-order chi connectivity index (χ0) is 12.7. The molecule has 0 aliphatic carbocycles. The predicted octanol–water partition coefficient (Wildman–Crippen LogP) is 2.57. The van der Waals surface area contributed by atoms with E-state index in [9.17, 15) is 4.79 Å². The highest BCUT2D eigenvalue weighted by Crippen LogP contribution is 2.17. The summed E-state index contributed by atoms with van der Waals surface area (Å²) in [4.78, 5) is 13.5. The van der Waals surface area contributed by atoms with Gasteiger partial charge in [0.2, 0.25) is 5.91 Å². The second kappa shape index (κ2) is 7.45. The standard InChI is InChI=1S/C13H18BrNO2/c1-15(13(17)8-4-5-9-16)10-11-6-2-3-7-12(11)14/h2-3,6-7,16H,4-5,8-10H2,1H3. The van der Waals surface area contributed by atoms with E-state index in [1.807, 2.05) is 24.3 Å². The summed E-state index contributed by atoms with van der Waals surface area (Å²) >= 11 is 3.47. The highest BCUT2D eigenvalue weighted by Gasteiger charge is 2.09. The molecule has 0 spiro atoms. The van der Waals surface area contributed by atoms with Crippen LogP contribution in [0.3, 0.4) is 0 Å². The molecule has 0 unspecified atom stereocenters. The molecule has 1 amide bonds. The van der Waals surface area contributed by atoms with Crippen molar-refractivity contribution in [3.05, 3.63) is 34.3 Å². The first-order chi connectivity index (χ1) is 8.15. The average molecular weight is 300 g/mol. The molecule has 0 aromatic heterocycles. The van der Waals surface area contributed by atoms with Crippen molar-refractivity contribution >= 4 is 21.8 Å². The fraction of sp³-hybridized carbons (Fsp3) is 0.462. The van der Waals surface area contributed by atoms with Gasteiger partial charge in [0.15, 0.2) is 0 Å². The highest BCUT2D eigenvalue weighted by molar-refractivity contribution is 9.10. The number of nitrogens with zero attached hydrogens (tertiary/aromatic N) is 1. The van der Waals surface area contributed by atoms with Crippen molar-refractivity contribution in [2.75, 3.05) is 13.7 Å². The number of halogens is 1. The lowest BCUT2D eigenvalue weighted by atomic mass is 10.2. The van der Waals surface area contributed by atoms with Gasteiger partial charge in [-0.15, -0.1) is 0 Å². The van der Waals surface area contributed by atoms with Crippen molar-refractivity contribution in [3.8, 4) is 0 Å². The highest BCUT2D eigenvalue weighted by atomic mass is 79.9. The zero-order valence-corrected chi connectivity index (χ0v) is 11.6. The molecule has 1 aromatic carbocycles. The second-order valence-corrected chi connectivity index (χ2v) is 4.88. The minimum absolute atomic E-state index is 0.120. The number of amides is 1. The molecule has 0 atom stereocenters. The smallest absolute Gasteiger partial charge is 0.222 e. The number of aliphatic hydroxyl groups is 1. The van der Waals surface area contributed by atoms with Crippen molar-refractivity contribution in [2.45, 2.75) is 25.8 Å². The molecule has 0 heterocycles. The summed E-state index contributed by atoms with van der Waals surface area (Å²) in [5, 5.41) is 8.66. The first-order valence-electron chi connectivity index (χ1n) is 5.73. The van der Waals surface area contributed by atoms with Crippen LogP contribution in [0.25, 0.3) is 0 Å². The Morgan fingerprint density at radius 2 is 2.06 bits per heavy atom. The molecule has 0 aliphatic heterocycles. The molecule has 0 bridgehead atoms. The van der Waals surface area contributed by atoms with E-state index in [-0.39, 0.29) is 12.5 Å². The minimum atomic E-state index is 0.120. The SMILES string of the molecule is CN(Cc1ccccc1Br)C(=O)CCCCO. The van der Waals surface area contributed by atoms with Crippen molar-refractivity contribution in [1.29, 1.82) is 0 Å². The molecule has 4 heteroatoms. The Morgan fingerprint density at radius 1 is 1.35 bits per heavy atom. The number of benzene rings is 1. The molecule has 0 aliphatic rings. The molecule has 0 fully saturated rings. The first kappa shape index (κ1) is 14.2. The Morgan fingerprint density at radius 3 is 2.71 bits per heavy atom. The number of aliphatic hydroxyl groups excluding tert-OH is 1. The zero-order valence-electron chi connectivity index (χ0n) is 10.0. The molecule has 17 heavy (non-hydrogen) atoms. The summed E-state index contributed by atoms with van der Waals surface area (Å²) < 4.78 is 1.02. The number of carbonyl (C=O) groups excluding carboxylic acids is 1. The lowest BCUT2D eigenvalue weighted by Gasteiger charge is -2.18. The van der Waals surface area contributed by atoms with E-state index in [0.29, 0.717) is 19.4 Å². The van der Waals surface area contributed by atoms with Crippen LogP contribution in [0.1, 0.15) is 24.8 Å². The van der Waals surface area contributed by atoms with Crippen molar-refractivity contribution in [3.63, 3.8) is 0 Å². The molecule has 1 N–H and O–H groups in total. The molecule has 0 radical (unpaired) electrons. The summed E-state index contributed by atoms with van der Waals surface area (Å²) in [6.45, 7) is 0.764. The van der Waals surface area contributed by atoms with E-state index in [2.05, 4.69) is 15.9 Å². The number of hydrogen-bond donors (Lipinski definition) is 1. The van der Waals surface area contributed by atoms with Crippen molar-refractivity contribution < 1.29 is 9.90 Å². The second-order valence-electron chi connectivity index (χ2n) is 4.02. The van der Waals surface area contributed by atoms with E-state index < -0.39 is 0 Å². The maximum Gasteiger partial charge on any atom is 0.222 e. The predicted molar refractivity (Wildman–Crippen MR) is 71.6 cm³/mol. The largest absolute Gasteiger partial charge is 0.396 e. The number of rotatable bonds is 6. The van der Waals surface area contributed by atoms with Crippen LogP contribution < -0.4 is 0 Å². The number of unbranched alkanes of at least 4 members (excludes halogenated alkanes) is 1.